The van der Waals surface area contributed by atoms with Crippen LogP contribution < -0.4 is 0 Å². The summed E-state index contributed by atoms with van der Waals surface area (Å²) in [7, 11) is 1.67. The van der Waals surface area contributed by atoms with Gasteiger partial charge in [0, 0.05) is 22.6 Å². The summed E-state index contributed by atoms with van der Waals surface area (Å²) < 4.78 is 24.0. The van der Waals surface area contributed by atoms with E-state index in [1.165, 1.54) is 0 Å². The van der Waals surface area contributed by atoms with Crippen LogP contribution >= 0.6 is 10.7 Å². The van der Waals surface area contributed by atoms with E-state index in [0.29, 0.717) is 5.69 Å². The molecule has 0 bridgehead atoms. The summed E-state index contributed by atoms with van der Waals surface area (Å²) in [6, 6.07) is 0. The molecule has 1 aromatic rings. The highest BCUT2D eigenvalue weighted by Crippen LogP contribution is 2.26. The van der Waals surface area contributed by atoms with Gasteiger partial charge in [-0.05, 0) is 6.42 Å². The molecule has 0 amide bonds. The van der Waals surface area contributed by atoms with E-state index in [1.807, 2.05) is 27.7 Å². The van der Waals surface area contributed by atoms with Gasteiger partial charge < -0.3 is 0 Å². The summed E-state index contributed by atoms with van der Waals surface area (Å²) in [5.41, 5.74) is 1.07. The first kappa shape index (κ1) is 14.4. The molecule has 0 aromatic carbocycles. The number of hydrogen-bond donors (Lipinski definition) is 0. The van der Waals surface area contributed by atoms with Crippen LogP contribution in [0.2, 0.25) is 0 Å². The van der Waals surface area contributed by atoms with Crippen molar-refractivity contribution in [2.45, 2.75) is 51.8 Å². The minimum absolute atomic E-state index is 0.213. The lowest BCUT2D eigenvalue weighted by molar-refractivity contribution is 0.475. The van der Waals surface area contributed by atoms with E-state index >= 15 is 0 Å². The number of aromatic nitrogens is 3. The van der Waals surface area contributed by atoms with E-state index in [2.05, 4.69) is 10.3 Å². The highest BCUT2D eigenvalue weighted by molar-refractivity contribution is 8.13. The fourth-order valence-corrected chi connectivity index (χ4v) is 2.63. The molecule has 0 fully saturated rings. The number of rotatable bonds is 4. The van der Waals surface area contributed by atoms with Crippen LogP contribution in [0, 0.1) is 0 Å². The topological polar surface area (TPSA) is 64.8 Å². The normalized spacial score (nSPS) is 13.0. The molecule has 0 radical (unpaired) electrons. The average molecular weight is 280 g/mol. The van der Waals surface area contributed by atoms with Gasteiger partial charge in [0.2, 0.25) is 9.05 Å². The van der Waals surface area contributed by atoms with Crippen molar-refractivity contribution in [1.82, 2.24) is 15.0 Å². The van der Waals surface area contributed by atoms with Crippen molar-refractivity contribution in [2.75, 3.05) is 0 Å². The summed E-state index contributed by atoms with van der Waals surface area (Å²) in [5.74, 6) is -0.273. The van der Waals surface area contributed by atoms with Gasteiger partial charge in [0.25, 0.3) is 0 Å². The van der Waals surface area contributed by atoms with Gasteiger partial charge in [0.1, 0.15) is 11.4 Å². The fourth-order valence-electron chi connectivity index (χ4n) is 1.80. The third-order valence-electron chi connectivity index (χ3n) is 2.26. The van der Waals surface area contributed by atoms with E-state index in [9.17, 15) is 8.42 Å². The maximum atomic E-state index is 11.1. The molecule has 0 atom stereocenters. The summed E-state index contributed by atoms with van der Waals surface area (Å²) in [6.07, 6.45) is 0.916. The number of hydrogen-bond acceptors (Lipinski definition) is 4. The Kier molecular flexibility index (Phi) is 4.19. The number of aryl methyl sites for hydroxylation is 1. The van der Waals surface area contributed by atoms with Crippen molar-refractivity contribution in [3.63, 3.8) is 0 Å². The van der Waals surface area contributed by atoms with Crippen LogP contribution in [0.15, 0.2) is 0 Å². The Morgan fingerprint density at radius 1 is 1.35 bits per heavy atom. The van der Waals surface area contributed by atoms with Gasteiger partial charge in [-0.25, -0.2) is 13.1 Å². The summed E-state index contributed by atoms with van der Waals surface area (Å²) in [5, 5.41) is 7.94. The van der Waals surface area contributed by atoms with E-state index in [4.69, 9.17) is 10.7 Å². The Bertz CT molecular complexity index is 488. The SMILES string of the molecule is CCCn1nnc(CS(=O)(=O)Cl)c1C(C)(C)C. The molecule has 0 aliphatic rings. The highest BCUT2D eigenvalue weighted by atomic mass is 35.7. The Labute approximate surface area is 107 Å². The molecule has 1 aromatic heterocycles. The molecular formula is C10H18ClN3O2S. The van der Waals surface area contributed by atoms with Crippen LogP contribution in [-0.2, 0) is 26.8 Å². The van der Waals surface area contributed by atoms with E-state index in [1.54, 1.807) is 4.68 Å². The zero-order valence-corrected chi connectivity index (χ0v) is 12.1. The zero-order chi connectivity index (χ0) is 13.3. The first-order valence-electron chi connectivity index (χ1n) is 5.50. The van der Waals surface area contributed by atoms with Crippen molar-refractivity contribution in [3.8, 4) is 0 Å². The second kappa shape index (κ2) is 4.94. The molecule has 7 heteroatoms. The molecule has 0 N–H and O–H groups in total. The Balaban J connectivity index is 3.23. The van der Waals surface area contributed by atoms with Gasteiger partial charge >= 0.3 is 0 Å². The van der Waals surface area contributed by atoms with Crippen LogP contribution in [0.25, 0.3) is 0 Å². The lowest BCUT2D eigenvalue weighted by Gasteiger charge is -2.20. The van der Waals surface area contributed by atoms with Crippen LogP contribution in [0.5, 0.6) is 0 Å². The summed E-state index contributed by atoms with van der Waals surface area (Å²) >= 11 is 0. The molecule has 0 saturated heterocycles. The lowest BCUT2D eigenvalue weighted by Crippen LogP contribution is -2.21. The predicted octanol–water partition coefficient (Wildman–Crippen LogP) is 2.05. The largest absolute Gasteiger partial charge is 0.249 e. The third-order valence-corrected chi connectivity index (χ3v) is 3.21. The minimum Gasteiger partial charge on any atom is -0.249 e. The van der Waals surface area contributed by atoms with Crippen molar-refractivity contribution >= 4 is 19.7 Å². The maximum absolute atomic E-state index is 11.1. The summed E-state index contributed by atoms with van der Waals surface area (Å²) in [6.45, 7) is 8.76. The zero-order valence-electron chi connectivity index (χ0n) is 10.6. The van der Waals surface area contributed by atoms with Crippen molar-refractivity contribution in [3.05, 3.63) is 11.4 Å². The molecule has 1 heterocycles. The van der Waals surface area contributed by atoms with Crippen molar-refractivity contribution in [2.24, 2.45) is 0 Å². The van der Waals surface area contributed by atoms with Gasteiger partial charge in [-0.3, -0.25) is 0 Å². The Morgan fingerprint density at radius 3 is 2.35 bits per heavy atom. The quantitative estimate of drug-likeness (QED) is 0.791. The van der Waals surface area contributed by atoms with Gasteiger partial charge in [0.15, 0.2) is 0 Å². The van der Waals surface area contributed by atoms with Crippen LogP contribution in [0.1, 0.15) is 45.5 Å². The highest BCUT2D eigenvalue weighted by Gasteiger charge is 2.27. The molecule has 0 saturated carbocycles. The maximum Gasteiger partial charge on any atom is 0.238 e. The summed E-state index contributed by atoms with van der Waals surface area (Å²) in [4.78, 5) is 0. The van der Waals surface area contributed by atoms with Crippen LogP contribution in [-0.4, -0.2) is 23.4 Å². The van der Waals surface area contributed by atoms with Crippen LogP contribution in [0.4, 0.5) is 0 Å². The van der Waals surface area contributed by atoms with Crippen LogP contribution in [0.3, 0.4) is 0 Å². The molecule has 0 aliphatic carbocycles. The molecule has 1 rings (SSSR count). The second-order valence-corrected chi connectivity index (χ2v) is 7.82. The van der Waals surface area contributed by atoms with Gasteiger partial charge in [0.05, 0.1) is 5.69 Å². The van der Waals surface area contributed by atoms with Gasteiger partial charge in [-0.1, -0.05) is 32.9 Å². The third kappa shape index (κ3) is 3.96. The minimum atomic E-state index is -3.61. The Morgan fingerprint density at radius 2 is 1.94 bits per heavy atom. The molecule has 0 aliphatic heterocycles. The Hall–Kier alpha value is -0.620. The van der Waals surface area contributed by atoms with Gasteiger partial charge in [-0.15, -0.1) is 5.10 Å². The monoisotopic (exact) mass is 279 g/mol. The molecule has 98 valence electrons. The lowest BCUT2D eigenvalue weighted by atomic mass is 9.90. The van der Waals surface area contributed by atoms with E-state index in [0.717, 1.165) is 18.7 Å². The number of halogens is 1. The molecule has 0 unspecified atom stereocenters. The fraction of sp³-hybridized carbons (Fsp3) is 0.800. The van der Waals surface area contributed by atoms with E-state index in [-0.39, 0.29) is 11.2 Å². The smallest absolute Gasteiger partial charge is 0.238 e. The molecular weight excluding hydrogens is 262 g/mol. The molecule has 0 spiro atoms. The van der Waals surface area contributed by atoms with E-state index < -0.39 is 9.05 Å². The first-order valence-corrected chi connectivity index (χ1v) is 7.98. The standard InChI is InChI=1S/C10H18ClN3O2S/c1-5-6-14-9(10(2,3)4)8(12-13-14)7-17(11,15)16/h5-7H2,1-4H3. The predicted molar refractivity (Wildman–Crippen MR) is 67.5 cm³/mol. The number of nitrogens with zero attached hydrogens (tertiary/aromatic N) is 3. The van der Waals surface area contributed by atoms with Gasteiger partial charge in [-0.2, -0.15) is 0 Å². The molecule has 5 nitrogen and oxygen atoms in total. The van der Waals surface area contributed by atoms with Crippen molar-refractivity contribution < 1.29 is 8.42 Å². The second-order valence-electron chi connectivity index (χ2n) is 5.04. The average Bonchev–Trinajstić information content (AvgIpc) is 2.44. The molecule has 17 heavy (non-hydrogen) atoms. The first-order chi connectivity index (χ1) is 7.65. The van der Waals surface area contributed by atoms with Crippen molar-refractivity contribution in [1.29, 1.82) is 0 Å².